The summed E-state index contributed by atoms with van der Waals surface area (Å²) >= 11 is 0. The van der Waals surface area contributed by atoms with Crippen LogP contribution in [0, 0.1) is 6.92 Å². The van der Waals surface area contributed by atoms with Crippen LogP contribution in [0.15, 0.2) is 58.1 Å². The topological polar surface area (TPSA) is 102 Å². The van der Waals surface area contributed by atoms with Crippen LogP contribution in [0.25, 0.3) is 22.6 Å². The maximum Gasteiger partial charge on any atom is 0.330 e. The zero-order valence-corrected chi connectivity index (χ0v) is 16.9. The maximum atomic E-state index is 12.4. The van der Waals surface area contributed by atoms with Gasteiger partial charge in [0.05, 0.1) is 12.6 Å². The lowest BCUT2D eigenvalue weighted by atomic mass is 10.2. The van der Waals surface area contributed by atoms with E-state index in [0.717, 1.165) is 16.9 Å². The number of imidazole rings is 1. The molecule has 8 nitrogen and oxygen atoms in total. The molecule has 2 aromatic heterocycles. The fourth-order valence-corrected chi connectivity index (χ4v) is 3.41. The molecular formula is C22H22N4O4. The summed E-state index contributed by atoms with van der Waals surface area (Å²) in [6.07, 6.45) is -0.764. The van der Waals surface area contributed by atoms with Crippen LogP contribution in [0.4, 0.5) is 0 Å². The lowest BCUT2D eigenvalue weighted by Gasteiger charge is -2.09. The molecule has 0 bridgehead atoms. The summed E-state index contributed by atoms with van der Waals surface area (Å²) < 4.78 is 8.85. The van der Waals surface area contributed by atoms with E-state index in [-0.39, 0.29) is 17.7 Å². The lowest BCUT2D eigenvalue weighted by molar-refractivity contribution is 0.173. The molecule has 1 atom stereocenters. The minimum absolute atomic E-state index is 0.0335. The zero-order valence-electron chi connectivity index (χ0n) is 16.9. The van der Waals surface area contributed by atoms with Crippen molar-refractivity contribution >= 4 is 11.2 Å². The Morgan fingerprint density at radius 3 is 2.50 bits per heavy atom. The molecule has 2 aromatic carbocycles. The molecule has 2 N–H and O–H groups in total. The van der Waals surface area contributed by atoms with Crippen LogP contribution in [0.1, 0.15) is 12.5 Å². The molecule has 30 heavy (non-hydrogen) atoms. The third-order valence-corrected chi connectivity index (χ3v) is 4.89. The number of aliphatic hydroxyl groups excluding tert-OH is 1. The zero-order chi connectivity index (χ0) is 21.4. The van der Waals surface area contributed by atoms with E-state index < -0.39 is 17.4 Å². The van der Waals surface area contributed by atoms with Crippen LogP contribution in [0.5, 0.6) is 11.5 Å². The number of ether oxygens (including phenoxy) is 1. The van der Waals surface area contributed by atoms with Gasteiger partial charge in [0, 0.05) is 12.6 Å². The van der Waals surface area contributed by atoms with E-state index in [4.69, 9.17) is 4.74 Å². The van der Waals surface area contributed by atoms with E-state index in [1.54, 1.807) is 18.5 Å². The van der Waals surface area contributed by atoms with Crippen LogP contribution in [0.3, 0.4) is 0 Å². The number of benzene rings is 2. The van der Waals surface area contributed by atoms with Gasteiger partial charge in [-0.3, -0.25) is 14.3 Å². The second kappa shape index (κ2) is 7.64. The second-order valence-electron chi connectivity index (χ2n) is 7.28. The Labute approximate surface area is 172 Å². The molecule has 4 rings (SSSR count). The average Bonchev–Trinajstić information content (AvgIpc) is 3.05. The number of rotatable bonds is 5. The number of aromatic nitrogens is 4. The van der Waals surface area contributed by atoms with Gasteiger partial charge >= 0.3 is 5.69 Å². The van der Waals surface area contributed by atoms with Gasteiger partial charge in [-0.25, -0.2) is 9.78 Å². The Kier molecular flexibility index (Phi) is 5.01. The Hall–Kier alpha value is -3.65. The highest BCUT2D eigenvalue weighted by atomic mass is 16.5. The number of aryl methyl sites for hydroxylation is 2. The van der Waals surface area contributed by atoms with Crippen molar-refractivity contribution in [3.63, 3.8) is 0 Å². The molecule has 0 spiro atoms. The molecule has 1 unspecified atom stereocenters. The third-order valence-electron chi connectivity index (χ3n) is 4.89. The van der Waals surface area contributed by atoms with Crippen molar-refractivity contribution in [2.75, 3.05) is 0 Å². The van der Waals surface area contributed by atoms with Gasteiger partial charge in [0.1, 0.15) is 17.3 Å². The first-order chi connectivity index (χ1) is 14.3. The molecule has 0 aliphatic carbocycles. The quantitative estimate of drug-likeness (QED) is 0.530. The van der Waals surface area contributed by atoms with Crippen molar-refractivity contribution in [2.45, 2.75) is 26.5 Å². The highest BCUT2D eigenvalue weighted by Crippen LogP contribution is 2.28. The van der Waals surface area contributed by atoms with Crippen LogP contribution >= 0.6 is 0 Å². The molecule has 0 amide bonds. The van der Waals surface area contributed by atoms with Gasteiger partial charge in [-0.1, -0.05) is 18.2 Å². The van der Waals surface area contributed by atoms with E-state index >= 15 is 0 Å². The van der Waals surface area contributed by atoms with E-state index in [1.165, 1.54) is 4.57 Å². The molecule has 4 aromatic rings. The number of hydrogen-bond acceptors (Lipinski definition) is 5. The summed E-state index contributed by atoms with van der Waals surface area (Å²) in [5.41, 5.74) is 1.19. The summed E-state index contributed by atoms with van der Waals surface area (Å²) in [6.45, 7) is 3.58. The summed E-state index contributed by atoms with van der Waals surface area (Å²) in [5.74, 6) is 1.99. The van der Waals surface area contributed by atoms with Gasteiger partial charge in [-0.15, -0.1) is 0 Å². The number of para-hydroxylation sites is 1. The average molecular weight is 406 g/mol. The van der Waals surface area contributed by atoms with Crippen molar-refractivity contribution in [1.82, 2.24) is 19.1 Å². The normalized spacial score (nSPS) is 12.3. The van der Waals surface area contributed by atoms with Gasteiger partial charge in [0.2, 0.25) is 0 Å². The minimum Gasteiger partial charge on any atom is -0.457 e. The molecule has 154 valence electrons. The van der Waals surface area contributed by atoms with E-state index in [0.29, 0.717) is 11.6 Å². The summed E-state index contributed by atoms with van der Waals surface area (Å²) in [4.78, 5) is 31.4. The smallest absolute Gasteiger partial charge is 0.330 e. The van der Waals surface area contributed by atoms with Crippen molar-refractivity contribution in [3.05, 3.63) is 74.9 Å². The fourth-order valence-electron chi connectivity index (χ4n) is 3.41. The monoisotopic (exact) mass is 406 g/mol. The predicted octanol–water partition coefficient (Wildman–Crippen LogP) is 2.57. The van der Waals surface area contributed by atoms with Gasteiger partial charge in [0.15, 0.2) is 11.2 Å². The SMILES string of the molecule is Cc1ccccc1Oc1ccc(-c2nc3c(c(=O)[nH]c(=O)n3CC(C)O)n2C)cc1. The summed E-state index contributed by atoms with van der Waals surface area (Å²) in [5, 5.41) is 9.72. The first kappa shape index (κ1) is 19.7. The Balaban J connectivity index is 1.75. The van der Waals surface area contributed by atoms with Gasteiger partial charge in [-0.05, 0) is 49.7 Å². The highest BCUT2D eigenvalue weighted by Gasteiger charge is 2.18. The lowest BCUT2D eigenvalue weighted by Crippen LogP contribution is -2.33. The molecule has 0 saturated carbocycles. The largest absolute Gasteiger partial charge is 0.457 e. The van der Waals surface area contributed by atoms with Crippen molar-refractivity contribution in [2.24, 2.45) is 7.05 Å². The van der Waals surface area contributed by atoms with Crippen LogP contribution < -0.4 is 16.0 Å². The molecule has 0 fully saturated rings. The standard InChI is InChI=1S/C22H22N4O4/c1-13-6-4-5-7-17(13)30-16-10-8-15(9-11-16)19-23-20-18(25(19)3)21(28)24-22(29)26(20)12-14(2)27/h4-11,14,27H,12H2,1-3H3,(H,24,28,29). The predicted molar refractivity (Wildman–Crippen MR) is 114 cm³/mol. The molecular weight excluding hydrogens is 384 g/mol. The molecule has 8 heteroatoms. The number of fused-ring (bicyclic) bond motifs is 1. The number of H-pyrrole nitrogens is 1. The Bertz CT molecular complexity index is 1330. The Morgan fingerprint density at radius 1 is 1.13 bits per heavy atom. The first-order valence-corrected chi connectivity index (χ1v) is 9.56. The maximum absolute atomic E-state index is 12.4. The molecule has 0 radical (unpaired) electrons. The van der Waals surface area contributed by atoms with Crippen LogP contribution in [-0.4, -0.2) is 30.3 Å². The molecule has 0 saturated heterocycles. The third kappa shape index (κ3) is 3.53. The van der Waals surface area contributed by atoms with Crippen LogP contribution in [0.2, 0.25) is 0 Å². The van der Waals surface area contributed by atoms with E-state index in [1.807, 2.05) is 55.5 Å². The first-order valence-electron chi connectivity index (χ1n) is 9.56. The van der Waals surface area contributed by atoms with E-state index in [2.05, 4.69) is 9.97 Å². The highest BCUT2D eigenvalue weighted by molar-refractivity contribution is 5.76. The minimum atomic E-state index is -0.764. The second-order valence-corrected chi connectivity index (χ2v) is 7.28. The number of hydrogen-bond donors (Lipinski definition) is 2. The number of aliphatic hydroxyl groups is 1. The van der Waals surface area contributed by atoms with E-state index in [9.17, 15) is 14.7 Å². The van der Waals surface area contributed by atoms with Crippen molar-refractivity contribution in [3.8, 4) is 22.9 Å². The van der Waals surface area contributed by atoms with Crippen molar-refractivity contribution in [1.29, 1.82) is 0 Å². The number of nitrogens with one attached hydrogen (secondary N) is 1. The number of aromatic amines is 1. The van der Waals surface area contributed by atoms with Crippen LogP contribution in [-0.2, 0) is 13.6 Å². The molecule has 0 aliphatic heterocycles. The number of nitrogens with zero attached hydrogens (tertiary/aromatic N) is 3. The fraction of sp³-hybridized carbons (Fsp3) is 0.227. The van der Waals surface area contributed by atoms with Gasteiger partial charge in [-0.2, -0.15) is 0 Å². The van der Waals surface area contributed by atoms with Gasteiger partial charge in [0.25, 0.3) is 5.56 Å². The Morgan fingerprint density at radius 2 is 1.83 bits per heavy atom. The van der Waals surface area contributed by atoms with Gasteiger partial charge < -0.3 is 14.4 Å². The molecule has 0 aliphatic rings. The molecule has 2 heterocycles. The summed E-state index contributed by atoms with van der Waals surface area (Å²) in [6, 6.07) is 15.1. The van der Waals surface area contributed by atoms with Crippen molar-refractivity contribution < 1.29 is 9.84 Å². The summed E-state index contributed by atoms with van der Waals surface area (Å²) in [7, 11) is 1.72.